The average Bonchev–Trinajstić information content (AvgIpc) is 3.37. The monoisotopic (exact) mass is 504 g/mol. The van der Waals surface area contributed by atoms with Crippen LogP contribution in [0.15, 0.2) is 146 Å². The highest BCUT2D eigenvalue weighted by molar-refractivity contribution is 7.25. The van der Waals surface area contributed by atoms with Crippen LogP contribution in [0.3, 0.4) is 0 Å². The lowest BCUT2D eigenvalue weighted by Gasteiger charge is -2.25. The normalized spacial score (nSPS) is 11.2. The molecule has 7 rings (SSSR count). The van der Waals surface area contributed by atoms with E-state index in [1.807, 2.05) is 12.3 Å². The lowest BCUT2D eigenvalue weighted by Crippen LogP contribution is -2.09. The highest BCUT2D eigenvalue weighted by Crippen LogP contribution is 2.40. The SMILES string of the molecule is c1ccc(-c2ccc(-c3ccc(N(c4ccccc4)c4ccc5c(c4)sc4cccnc45)cc3)cc2)cc1. The van der Waals surface area contributed by atoms with Gasteiger partial charge < -0.3 is 4.90 Å². The van der Waals surface area contributed by atoms with Gasteiger partial charge in [-0.3, -0.25) is 4.98 Å². The van der Waals surface area contributed by atoms with E-state index in [2.05, 4.69) is 143 Å². The average molecular weight is 505 g/mol. The minimum atomic E-state index is 1.08. The Bertz CT molecular complexity index is 1840. The lowest BCUT2D eigenvalue weighted by molar-refractivity contribution is 1.29. The summed E-state index contributed by atoms with van der Waals surface area (Å²) in [7, 11) is 0. The van der Waals surface area contributed by atoms with Crippen molar-refractivity contribution in [3.05, 3.63) is 146 Å². The summed E-state index contributed by atoms with van der Waals surface area (Å²) in [6.07, 6.45) is 1.87. The van der Waals surface area contributed by atoms with Crippen LogP contribution < -0.4 is 4.90 Å². The summed E-state index contributed by atoms with van der Waals surface area (Å²) in [5, 5.41) is 1.21. The van der Waals surface area contributed by atoms with E-state index in [-0.39, 0.29) is 0 Å². The molecule has 0 atom stereocenters. The maximum atomic E-state index is 4.62. The Kier molecular flexibility index (Phi) is 5.69. The number of nitrogens with zero attached hydrogens (tertiary/aromatic N) is 2. The van der Waals surface area contributed by atoms with E-state index in [0.717, 1.165) is 22.6 Å². The molecule has 0 bridgehead atoms. The summed E-state index contributed by atoms with van der Waals surface area (Å²) < 4.78 is 2.46. The molecule has 0 fully saturated rings. The Morgan fingerprint density at radius 3 is 1.68 bits per heavy atom. The molecule has 2 nitrogen and oxygen atoms in total. The Hall–Kier alpha value is -4.73. The van der Waals surface area contributed by atoms with Crippen molar-refractivity contribution in [2.75, 3.05) is 4.90 Å². The molecular weight excluding hydrogens is 480 g/mol. The van der Waals surface area contributed by atoms with Crippen LogP contribution in [0.2, 0.25) is 0 Å². The molecule has 0 unspecified atom stereocenters. The van der Waals surface area contributed by atoms with Gasteiger partial charge in [0.25, 0.3) is 0 Å². The zero-order chi connectivity index (χ0) is 25.3. The van der Waals surface area contributed by atoms with Gasteiger partial charge in [0.15, 0.2) is 0 Å². The number of rotatable bonds is 5. The first-order valence-corrected chi connectivity index (χ1v) is 13.5. The number of aromatic nitrogens is 1. The van der Waals surface area contributed by atoms with Gasteiger partial charge in [-0.15, -0.1) is 11.3 Å². The van der Waals surface area contributed by atoms with Gasteiger partial charge in [-0.1, -0.05) is 84.9 Å². The van der Waals surface area contributed by atoms with Crippen LogP contribution in [0.1, 0.15) is 0 Å². The van der Waals surface area contributed by atoms with E-state index in [9.17, 15) is 0 Å². The van der Waals surface area contributed by atoms with Crippen LogP contribution in [0.5, 0.6) is 0 Å². The molecule has 7 aromatic rings. The Labute approximate surface area is 226 Å². The predicted octanol–water partition coefficient (Wildman–Crippen LogP) is 10.3. The smallest absolute Gasteiger partial charge is 0.0888 e. The molecule has 0 spiro atoms. The second-order valence-corrected chi connectivity index (χ2v) is 10.4. The molecule has 2 heterocycles. The third kappa shape index (κ3) is 4.13. The fourth-order valence-electron chi connectivity index (χ4n) is 5.04. The van der Waals surface area contributed by atoms with E-state index in [4.69, 9.17) is 0 Å². The van der Waals surface area contributed by atoms with Crippen molar-refractivity contribution in [2.24, 2.45) is 0 Å². The van der Waals surface area contributed by atoms with Gasteiger partial charge in [0.05, 0.1) is 10.2 Å². The standard InChI is InChI=1S/C35H24N2S/c1-3-8-25(9-4-1)26-13-15-27(16-14-26)28-17-19-30(20-18-28)37(29-10-5-2-6-11-29)31-21-22-32-34(24-31)38-33-12-7-23-36-35(32)33/h1-24H. The summed E-state index contributed by atoms with van der Waals surface area (Å²) >= 11 is 1.79. The van der Waals surface area contributed by atoms with Crippen molar-refractivity contribution in [1.82, 2.24) is 4.98 Å². The van der Waals surface area contributed by atoms with Crippen LogP contribution in [0.4, 0.5) is 17.1 Å². The Balaban J connectivity index is 1.26. The van der Waals surface area contributed by atoms with Gasteiger partial charge in [0.1, 0.15) is 0 Å². The van der Waals surface area contributed by atoms with E-state index in [1.165, 1.54) is 37.0 Å². The number of para-hydroxylation sites is 1. The first-order chi connectivity index (χ1) is 18.8. The molecule has 0 amide bonds. The third-order valence-corrected chi connectivity index (χ3v) is 8.04. The van der Waals surface area contributed by atoms with Crippen molar-refractivity contribution in [3.63, 3.8) is 0 Å². The van der Waals surface area contributed by atoms with Gasteiger partial charge >= 0.3 is 0 Å². The highest BCUT2D eigenvalue weighted by Gasteiger charge is 2.15. The van der Waals surface area contributed by atoms with Crippen molar-refractivity contribution in [3.8, 4) is 22.3 Å². The van der Waals surface area contributed by atoms with Crippen LogP contribution in [-0.2, 0) is 0 Å². The third-order valence-electron chi connectivity index (χ3n) is 6.93. The number of benzene rings is 5. The minimum Gasteiger partial charge on any atom is -0.310 e. The second-order valence-electron chi connectivity index (χ2n) is 9.29. The van der Waals surface area contributed by atoms with Crippen molar-refractivity contribution < 1.29 is 0 Å². The molecule has 2 aromatic heterocycles. The Morgan fingerprint density at radius 2 is 1.00 bits per heavy atom. The second kappa shape index (κ2) is 9.62. The van der Waals surface area contributed by atoms with E-state index < -0.39 is 0 Å². The first kappa shape index (κ1) is 22.5. The molecule has 0 aliphatic heterocycles. The molecule has 38 heavy (non-hydrogen) atoms. The highest BCUT2D eigenvalue weighted by atomic mass is 32.1. The zero-order valence-corrected chi connectivity index (χ0v) is 21.5. The zero-order valence-electron chi connectivity index (χ0n) is 20.7. The summed E-state index contributed by atoms with van der Waals surface area (Å²) in [6.45, 7) is 0. The predicted molar refractivity (Wildman–Crippen MR) is 163 cm³/mol. The summed E-state index contributed by atoms with van der Waals surface area (Å²) in [4.78, 5) is 6.94. The maximum Gasteiger partial charge on any atom is 0.0888 e. The number of anilines is 3. The quantitative estimate of drug-likeness (QED) is 0.232. The van der Waals surface area contributed by atoms with Gasteiger partial charge in [-0.25, -0.2) is 0 Å². The maximum absolute atomic E-state index is 4.62. The Morgan fingerprint density at radius 1 is 0.447 bits per heavy atom. The molecular formula is C35H24N2S. The van der Waals surface area contributed by atoms with Crippen molar-refractivity contribution in [2.45, 2.75) is 0 Å². The molecule has 0 saturated heterocycles. The number of fused-ring (bicyclic) bond motifs is 3. The largest absolute Gasteiger partial charge is 0.310 e. The van der Waals surface area contributed by atoms with Crippen LogP contribution >= 0.6 is 11.3 Å². The molecule has 0 radical (unpaired) electrons. The molecule has 3 heteroatoms. The van der Waals surface area contributed by atoms with Crippen molar-refractivity contribution >= 4 is 48.7 Å². The van der Waals surface area contributed by atoms with Gasteiger partial charge in [-0.05, 0) is 76.9 Å². The van der Waals surface area contributed by atoms with Crippen LogP contribution in [0, 0.1) is 0 Å². The molecule has 0 saturated carbocycles. The summed E-state index contributed by atoms with van der Waals surface area (Å²) in [5.41, 5.74) is 9.34. The number of hydrogen-bond donors (Lipinski definition) is 0. The van der Waals surface area contributed by atoms with E-state index >= 15 is 0 Å². The number of hydrogen-bond acceptors (Lipinski definition) is 3. The van der Waals surface area contributed by atoms with Crippen LogP contribution in [0.25, 0.3) is 42.6 Å². The van der Waals surface area contributed by atoms with Gasteiger partial charge in [-0.2, -0.15) is 0 Å². The lowest BCUT2D eigenvalue weighted by atomic mass is 10.00. The molecule has 0 aliphatic carbocycles. The summed E-state index contributed by atoms with van der Waals surface area (Å²) in [6, 6.07) is 49.6. The van der Waals surface area contributed by atoms with E-state index in [1.54, 1.807) is 11.3 Å². The first-order valence-electron chi connectivity index (χ1n) is 12.7. The minimum absolute atomic E-state index is 1.08. The molecule has 180 valence electrons. The van der Waals surface area contributed by atoms with Gasteiger partial charge in [0, 0.05) is 33.3 Å². The number of thiophene rings is 1. The number of pyridine rings is 1. The van der Waals surface area contributed by atoms with Gasteiger partial charge in [0.2, 0.25) is 0 Å². The summed E-state index contributed by atoms with van der Waals surface area (Å²) in [5.74, 6) is 0. The molecule has 5 aromatic carbocycles. The fraction of sp³-hybridized carbons (Fsp3) is 0. The fourth-order valence-corrected chi connectivity index (χ4v) is 6.13. The van der Waals surface area contributed by atoms with Crippen molar-refractivity contribution in [1.29, 1.82) is 0 Å². The van der Waals surface area contributed by atoms with Crippen LogP contribution in [-0.4, -0.2) is 4.98 Å². The molecule has 0 aliphatic rings. The molecule has 0 N–H and O–H groups in total. The van der Waals surface area contributed by atoms with E-state index in [0.29, 0.717) is 0 Å². The topological polar surface area (TPSA) is 16.1 Å².